The van der Waals surface area contributed by atoms with Crippen molar-refractivity contribution in [2.75, 3.05) is 0 Å². The Kier molecular flexibility index (Phi) is 2.44. The number of aromatic amines is 1. The van der Waals surface area contributed by atoms with E-state index in [0.29, 0.717) is 12.2 Å². The number of hydrogen-bond acceptors (Lipinski definition) is 4. The highest BCUT2D eigenvalue weighted by Gasteiger charge is 2.08. The van der Waals surface area contributed by atoms with Gasteiger partial charge in [-0.1, -0.05) is 5.21 Å². The van der Waals surface area contributed by atoms with Crippen molar-refractivity contribution < 1.29 is 4.79 Å². The van der Waals surface area contributed by atoms with Crippen molar-refractivity contribution >= 4 is 5.91 Å². The molecule has 0 radical (unpaired) electrons. The van der Waals surface area contributed by atoms with Gasteiger partial charge in [0.25, 0.3) is 5.91 Å². The summed E-state index contributed by atoms with van der Waals surface area (Å²) in [6.07, 6.45) is 4.77. The first-order valence-electron chi connectivity index (χ1n) is 4.37. The van der Waals surface area contributed by atoms with Crippen LogP contribution in [0.1, 0.15) is 16.2 Å². The smallest absolute Gasteiger partial charge is 0.273 e. The van der Waals surface area contributed by atoms with Crippen molar-refractivity contribution in [2.24, 2.45) is 7.05 Å². The monoisotopic (exact) mass is 206 g/mol. The van der Waals surface area contributed by atoms with Crippen molar-refractivity contribution in [3.63, 3.8) is 0 Å². The van der Waals surface area contributed by atoms with Crippen molar-refractivity contribution in [1.29, 1.82) is 0 Å². The summed E-state index contributed by atoms with van der Waals surface area (Å²) in [6.45, 7) is 0.398. The third-order valence-corrected chi connectivity index (χ3v) is 1.83. The quantitative estimate of drug-likeness (QED) is 0.706. The van der Waals surface area contributed by atoms with Crippen molar-refractivity contribution in [1.82, 2.24) is 30.3 Å². The molecule has 1 amide bonds. The number of rotatable bonds is 3. The molecule has 78 valence electrons. The van der Waals surface area contributed by atoms with E-state index in [1.165, 1.54) is 4.68 Å². The molecule has 7 nitrogen and oxygen atoms in total. The van der Waals surface area contributed by atoms with Gasteiger partial charge in [-0.3, -0.25) is 9.48 Å². The Bertz CT molecular complexity index is 445. The van der Waals surface area contributed by atoms with Crippen molar-refractivity contribution in [2.45, 2.75) is 6.54 Å². The number of aromatic nitrogens is 5. The minimum atomic E-state index is -0.252. The molecule has 0 aromatic carbocycles. The largest absolute Gasteiger partial charge is 0.347 e. The molecule has 0 saturated carbocycles. The molecule has 0 unspecified atom stereocenters. The molecule has 7 heteroatoms. The van der Waals surface area contributed by atoms with Crippen LogP contribution in [0.15, 0.2) is 18.7 Å². The Morgan fingerprint density at radius 2 is 2.53 bits per heavy atom. The molecular formula is C8H10N6O. The SMILES string of the molecule is Cn1cc(C(=O)NCc2cnc[nH]2)nn1. The van der Waals surface area contributed by atoms with Crippen LogP contribution >= 0.6 is 0 Å². The van der Waals surface area contributed by atoms with E-state index in [9.17, 15) is 4.79 Å². The molecule has 0 aliphatic rings. The Morgan fingerprint density at radius 3 is 3.13 bits per heavy atom. The molecule has 0 aliphatic heterocycles. The maximum atomic E-state index is 11.5. The third kappa shape index (κ3) is 2.19. The van der Waals surface area contributed by atoms with Gasteiger partial charge in [0.05, 0.1) is 24.8 Å². The van der Waals surface area contributed by atoms with Crippen LogP contribution in [0.2, 0.25) is 0 Å². The number of carbonyl (C=O) groups excluding carboxylic acids is 1. The zero-order chi connectivity index (χ0) is 10.7. The van der Waals surface area contributed by atoms with Crippen molar-refractivity contribution in [3.8, 4) is 0 Å². The topological polar surface area (TPSA) is 88.5 Å². The first-order valence-corrected chi connectivity index (χ1v) is 4.37. The second kappa shape index (κ2) is 3.91. The number of nitrogens with zero attached hydrogens (tertiary/aromatic N) is 4. The standard InChI is InChI=1S/C8H10N6O/c1-14-4-7(12-13-14)8(15)10-3-6-2-9-5-11-6/h2,4-5H,3H2,1H3,(H,9,11)(H,10,15). The summed E-state index contributed by atoms with van der Waals surface area (Å²) in [5.74, 6) is -0.252. The average molecular weight is 206 g/mol. The molecule has 0 saturated heterocycles. The first-order chi connectivity index (χ1) is 7.25. The van der Waals surface area contributed by atoms with Gasteiger partial charge in [-0.05, 0) is 0 Å². The van der Waals surface area contributed by atoms with Crippen LogP contribution in [0.25, 0.3) is 0 Å². The zero-order valence-electron chi connectivity index (χ0n) is 8.14. The summed E-state index contributed by atoms with van der Waals surface area (Å²) in [5.41, 5.74) is 1.14. The fourth-order valence-corrected chi connectivity index (χ4v) is 1.10. The Labute approximate surface area is 85.5 Å². The third-order valence-electron chi connectivity index (χ3n) is 1.83. The number of H-pyrrole nitrogens is 1. The summed E-state index contributed by atoms with van der Waals surface area (Å²) in [6, 6.07) is 0. The lowest BCUT2D eigenvalue weighted by molar-refractivity contribution is 0.0945. The normalized spacial score (nSPS) is 10.2. The molecule has 2 heterocycles. The highest BCUT2D eigenvalue weighted by molar-refractivity contribution is 5.91. The van der Waals surface area contributed by atoms with Crippen LogP contribution in [0.5, 0.6) is 0 Å². The Morgan fingerprint density at radius 1 is 1.67 bits per heavy atom. The summed E-state index contributed by atoms with van der Waals surface area (Å²) >= 11 is 0. The number of aryl methyl sites for hydroxylation is 1. The number of carbonyl (C=O) groups is 1. The summed E-state index contributed by atoms with van der Waals surface area (Å²) in [4.78, 5) is 18.2. The average Bonchev–Trinajstić information content (AvgIpc) is 2.84. The maximum absolute atomic E-state index is 11.5. The number of imidazole rings is 1. The predicted molar refractivity (Wildman–Crippen MR) is 50.8 cm³/mol. The molecule has 0 bridgehead atoms. The maximum Gasteiger partial charge on any atom is 0.273 e. The van der Waals surface area contributed by atoms with Crippen LogP contribution in [0.3, 0.4) is 0 Å². The summed E-state index contributed by atoms with van der Waals surface area (Å²) in [5, 5.41) is 10.0. The molecule has 15 heavy (non-hydrogen) atoms. The molecule has 0 aliphatic carbocycles. The van der Waals surface area contributed by atoms with Gasteiger partial charge in [-0.25, -0.2) is 4.98 Å². The van der Waals surface area contributed by atoms with E-state index in [2.05, 4.69) is 25.6 Å². The van der Waals surface area contributed by atoms with Gasteiger partial charge in [-0.15, -0.1) is 5.10 Å². The minimum absolute atomic E-state index is 0.252. The fourth-order valence-electron chi connectivity index (χ4n) is 1.10. The van der Waals surface area contributed by atoms with Crippen molar-refractivity contribution in [3.05, 3.63) is 30.1 Å². The number of nitrogens with one attached hydrogen (secondary N) is 2. The van der Waals surface area contributed by atoms with E-state index in [1.54, 1.807) is 25.8 Å². The molecule has 2 aromatic rings. The van der Waals surface area contributed by atoms with Crippen LogP contribution in [0.4, 0.5) is 0 Å². The van der Waals surface area contributed by atoms with Gasteiger partial charge in [0.1, 0.15) is 0 Å². The number of amides is 1. The van der Waals surface area contributed by atoms with Gasteiger partial charge >= 0.3 is 0 Å². The van der Waals surface area contributed by atoms with Crippen LogP contribution < -0.4 is 5.32 Å². The Hall–Kier alpha value is -2.18. The second-order valence-corrected chi connectivity index (χ2v) is 3.04. The second-order valence-electron chi connectivity index (χ2n) is 3.04. The lowest BCUT2D eigenvalue weighted by Crippen LogP contribution is -2.23. The van der Waals surface area contributed by atoms with Gasteiger partial charge in [-0.2, -0.15) is 0 Å². The summed E-state index contributed by atoms with van der Waals surface area (Å²) < 4.78 is 1.48. The van der Waals surface area contributed by atoms with Gasteiger partial charge in [0, 0.05) is 13.2 Å². The lowest BCUT2D eigenvalue weighted by Gasteiger charge is -1.99. The van der Waals surface area contributed by atoms with Crippen LogP contribution in [0, 0.1) is 0 Å². The highest BCUT2D eigenvalue weighted by Crippen LogP contribution is 1.93. The molecule has 0 atom stereocenters. The van der Waals surface area contributed by atoms with Gasteiger partial charge in [0.2, 0.25) is 0 Å². The van der Waals surface area contributed by atoms with E-state index >= 15 is 0 Å². The molecule has 0 fully saturated rings. The predicted octanol–water partition coefficient (Wildman–Crippen LogP) is -0.532. The van der Waals surface area contributed by atoms with E-state index in [1.807, 2.05) is 0 Å². The first kappa shape index (κ1) is 9.38. The van der Waals surface area contributed by atoms with E-state index in [-0.39, 0.29) is 5.91 Å². The molecule has 2 N–H and O–H groups in total. The minimum Gasteiger partial charge on any atom is -0.347 e. The van der Waals surface area contributed by atoms with E-state index < -0.39 is 0 Å². The van der Waals surface area contributed by atoms with E-state index in [4.69, 9.17) is 0 Å². The van der Waals surface area contributed by atoms with E-state index in [0.717, 1.165) is 5.69 Å². The molecule has 2 rings (SSSR count). The van der Waals surface area contributed by atoms with Gasteiger partial charge in [0.15, 0.2) is 5.69 Å². The van der Waals surface area contributed by atoms with Crippen LogP contribution in [-0.2, 0) is 13.6 Å². The summed E-state index contributed by atoms with van der Waals surface area (Å²) in [7, 11) is 1.71. The van der Waals surface area contributed by atoms with Gasteiger partial charge < -0.3 is 10.3 Å². The highest BCUT2D eigenvalue weighted by atomic mass is 16.2. The lowest BCUT2D eigenvalue weighted by atomic mass is 10.4. The zero-order valence-corrected chi connectivity index (χ0v) is 8.14. The fraction of sp³-hybridized carbons (Fsp3) is 0.250. The molecule has 2 aromatic heterocycles. The van der Waals surface area contributed by atoms with Crippen LogP contribution in [-0.4, -0.2) is 30.9 Å². The Balaban J connectivity index is 1.93. The molecular weight excluding hydrogens is 196 g/mol. The number of hydrogen-bond donors (Lipinski definition) is 2. The molecule has 0 spiro atoms.